The Labute approximate surface area is 244 Å². The van der Waals surface area contributed by atoms with E-state index < -0.39 is 0 Å². The highest BCUT2D eigenvalue weighted by Crippen LogP contribution is 2.40. The normalized spacial score (nSPS) is 11.5. The first-order chi connectivity index (χ1) is 17.6. The maximum Gasteiger partial charge on any atom is 0.259 e. The molecule has 0 radical (unpaired) electrons. The van der Waals surface area contributed by atoms with Gasteiger partial charge in [-0.2, -0.15) is 0 Å². The molecule has 0 bridgehead atoms. The molecule has 0 saturated carbocycles. The Kier molecular flexibility index (Phi) is 8.56. The number of benzene rings is 4. The van der Waals surface area contributed by atoms with Crippen LogP contribution in [-0.2, 0) is 0 Å². The van der Waals surface area contributed by atoms with Gasteiger partial charge >= 0.3 is 0 Å². The number of carbonyl (C=O) groups is 2. The van der Waals surface area contributed by atoms with Gasteiger partial charge in [-0.25, -0.2) is 0 Å². The van der Waals surface area contributed by atoms with Crippen LogP contribution in [0.2, 0.25) is 0 Å². The van der Waals surface area contributed by atoms with Crippen molar-refractivity contribution in [2.24, 2.45) is 0 Å². The van der Waals surface area contributed by atoms with Crippen molar-refractivity contribution in [2.75, 3.05) is 10.6 Å². The second-order valence-corrected chi connectivity index (χ2v) is 11.0. The molecule has 37 heavy (non-hydrogen) atoms. The van der Waals surface area contributed by atoms with Crippen LogP contribution in [0.15, 0.2) is 81.7 Å². The third-order valence-corrected chi connectivity index (χ3v) is 8.47. The first-order valence-electron chi connectivity index (χ1n) is 11.1. The molecule has 188 valence electrons. The first kappa shape index (κ1) is 27.2. The number of para-hydroxylation sites is 4. The molecule has 1 heterocycles. The fourth-order valence-corrected chi connectivity index (χ4v) is 5.41. The summed E-state index contributed by atoms with van der Waals surface area (Å²) in [4.78, 5) is 24.4. The standard InChI is InChI=1S/C14H11BrINO2.C14H10BrNO2/c1-8-6-9(13(16)10(15)7-8)14(19)17-11-4-2-3-5-12(11)18;1-8-6-9-13(10(15)7-8)18-12-5-3-2-4-11(12)16-14(9)17/h2-7,18H,1H3,(H,17,19);2-7H,1H3,(H,16,17). The Bertz CT molecular complexity index is 1520. The third-order valence-electron chi connectivity index (χ3n) is 5.35. The van der Waals surface area contributed by atoms with Gasteiger partial charge in [-0.15, -0.1) is 0 Å². The number of hydrogen-bond donors (Lipinski definition) is 3. The highest BCUT2D eigenvalue weighted by molar-refractivity contribution is 14.1. The van der Waals surface area contributed by atoms with Crippen molar-refractivity contribution in [1.82, 2.24) is 0 Å². The molecule has 6 nitrogen and oxygen atoms in total. The van der Waals surface area contributed by atoms with Gasteiger partial charge in [0.2, 0.25) is 0 Å². The smallest absolute Gasteiger partial charge is 0.259 e. The molecule has 5 rings (SSSR count). The van der Waals surface area contributed by atoms with Crippen molar-refractivity contribution in [3.05, 3.63) is 108 Å². The van der Waals surface area contributed by atoms with Crippen molar-refractivity contribution in [2.45, 2.75) is 13.8 Å². The summed E-state index contributed by atoms with van der Waals surface area (Å²) in [6.45, 7) is 3.87. The summed E-state index contributed by atoms with van der Waals surface area (Å²) in [5, 5.41) is 15.2. The molecule has 2 amide bonds. The van der Waals surface area contributed by atoms with Crippen molar-refractivity contribution < 1.29 is 19.4 Å². The SMILES string of the molecule is Cc1cc(Br)c(I)c(C(=O)Nc2ccccc2O)c1.Cc1cc(Br)c2c(c1)C(=O)Nc1ccccc1O2. The minimum Gasteiger partial charge on any atom is -0.506 e. The second-order valence-electron chi connectivity index (χ2n) is 8.26. The van der Waals surface area contributed by atoms with Crippen LogP contribution in [0.3, 0.4) is 0 Å². The predicted molar refractivity (Wildman–Crippen MR) is 161 cm³/mol. The molecule has 1 aliphatic heterocycles. The van der Waals surface area contributed by atoms with Crippen LogP contribution >= 0.6 is 54.5 Å². The van der Waals surface area contributed by atoms with Crippen molar-refractivity contribution in [3.63, 3.8) is 0 Å². The number of phenols is 1. The van der Waals surface area contributed by atoms with Gasteiger partial charge in [0.15, 0.2) is 11.5 Å². The minimum absolute atomic E-state index is 0.0533. The van der Waals surface area contributed by atoms with Crippen LogP contribution < -0.4 is 15.4 Å². The fraction of sp³-hybridized carbons (Fsp3) is 0.0714. The number of fused-ring (bicyclic) bond motifs is 2. The predicted octanol–water partition coefficient (Wildman–Crippen LogP) is 8.44. The molecule has 9 heteroatoms. The number of carbonyl (C=O) groups excluding carboxylic acids is 2. The van der Waals surface area contributed by atoms with Gasteiger partial charge in [-0.1, -0.05) is 24.3 Å². The van der Waals surface area contributed by atoms with Gasteiger partial charge in [0.05, 0.1) is 27.0 Å². The van der Waals surface area contributed by atoms with E-state index in [0.717, 1.165) is 23.6 Å². The van der Waals surface area contributed by atoms with E-state index in [2.05, 4.69) is 65.1 Å². The zero-order valence-electron chi connectivity index (χ0n) is 19.7. The number of anilines is 2. The summed E-state index contributed by atoms with van der Waals surface area (Å²) in [6, 6.07) is 21.6. The molecule has 0 atom stereocenters. The number of nitrogens with one attached hydrogen (secondary N) is 2. The molecule has 0 unspecified atom stereocenters. The highest BCUT2D eigenvalue weighted by atomic mass is 127. The minimum atomic E-state index is -0.240. The second kappa shape index (κ2) is 11.7. The molecule has 4 aromatic carbocycles. The lowest BCUT2D eigenvalue weighted by molar-refractivity contribution is 0.101. The molecule has 4 aromatic rings. The van der Waals surface area contributed by atoms with Crippen molar-refractivity contribution in [1.29, 1.82) is 0 Å². The molecule has 0 aromatic heterocycles. The average Bonchev–Trinajstić information content (AvgIpc) is 2.99. The Morgan fingerprint density at radius 2 is 1.59 bits per heavy atom. The number of phenolic OH excluding ortho intramolecular Hbond substituents is 1. The van der Waals surface area contributed by atoms with Gasteiger partial charge < -0.3 is 20.5 Å². The molecular weight excluding hydrogens is 715 g/mol. The average molecular weight is 736 g/mol. The molecule has 0 saturated heterocycles. The Morgan fingerprint density at radius 3 is 2.35 bits per heavy atom. The Morgan fingerprint density at radius 1 is 0.946 bits per heavy atom. The highest BCUT2D eigenvalue weighted by Gasteiger charge is 2.23. The van der Waals surface area contributed by atoms with Crippen LogP contribution in [0.1, 0.15) is 31.8 Å². The van der Waals surface area contributed by atoms with Crippen molar-refractivity contribution in [3.8, 4) is 17.2 Å². The third kappa shape index (κ3) is 6.34. The Balaban J connectivity index is 0.000000173. The summed E-state index contributed by atoms with van der Waals surface area (Å²) in [6.07, 6.45) is 0. The molecular formula is C28H21Br2IN2O4. The summed E-state index contributed by atoms with van der Waals surface area (Å²) in [7, 11) is 0. The van der Waals surface area contributed by atoms with Gasteiger partial charge in [-0.05, 0) is 128 Å². The van der Waals surface area contributed by atoms with Crippen LogP contribution in [0.5, 0.6) is 17.2 Å². The number of halogens is 3. The summed E-state index contributed by atoms with van der Waals surface area (Å²) in [5.74, 6) is 0.865. The van der Waals surface area contributed by atoms with E-state index in [1.165, 1.54) is 6.07 Å². The van der Waals surface area contributed by atoms with E-state index in [4.69, 9.17) is 4.74 Å². The lowest BCUT2D eigenvalue weighted by Crippen LogP contribution is -2.14. The van der Waals surface area contributed by atoms with Crippen LogP contribution in [0.25, 0.3) is 0 Å². The molecule has 0 fully saturated rings. The number of hydrogen-bond acceptors (Lipinski definition) is 4. The molecule has 1 aliphatic rings. The lowest BCUT2D eigenvalue weighted by atomic mass is 10.1. The molecule has 0 aliphatic carbocycles. The van der Waals surface area contributed by atoms with Crippen LogP contribution in [-0.4, -0.2) is 16.9 Å². The van der Waals surface area contributed by atoms with E-state index in [-0.39, 0.29) is 17.6 Å². The largest absolute Gasteiger partial charge is 0.506 e. The number of rotatable bonds is 2. The number of amides is 2. The van der Waals surface area contributed by atoms with Gasteiger partial charge in [0, 0.05) is 8.04 Å². The first-order valence-corrected chi connectivity index (χ1v) is 13.7. The topological polar surface area (TPSA) is 87.7 Å². The van der Waals surface area contributed by atoms with Crippen LogP contribution in [0.4, 0.5) is 11.4 Å². The van der Waals surface area contributed by atoms with E-state index in [9.17, 15) is 14.7 Å². The maximum absolute atomic E-state index is 12.2. The zero-order chi connectivity index (χ0) is 26.7. The quantitative estimate of drug-likeness (QED) is 0.143. The van der Waals surface area contributed by atoms with E-state index in [1.807, 2.05) is 62.4 Å². The zero-order valence-corrected chi connectivity index (χ0v) is 25.1. The van der Waals surface area contributed by atoms with E-state index in [1.54, 1.807) is 18.2 Å². The summed E-state index contributed by atoms with van der Waals surface area (Å²) >= 11 is 8.99. The molecule has 0 spiro atoms. The van der Waals surface area contributed by atoms with Gasteiger partial charge in [-0.3, -0.25) is 9.59 Å². The van der Waals surface area contributed by atoms with Gasteiger partial charge in [0.1, 0.15) is 5.75 Å². The maximum atomic E-state index is 12.2. The van der Waals surface area contributed by atoms with Crippen LogP contribution in [0, 0.1) is 17.4 Å². The van der Waals surface area contributed by atoms with Gasteiger partial charge in [0.25, 0.3) is 11.8 Å². The van der Waals surface area contributed by atoms with E-state index >= 15 is 0 Å². The number of aromatic hydroxyl groups is 1. The summed E-state index contributed by atoms with van der Waals surface area (Å²) in [5.41, 5.74) is 4.21. The Hall–Kier alpha value is -2.89. The number of aryl methyl sites for hydroxylation is 2. The fourth-order valence-electron chi connectivity index (χ4n) is 3.62. The summed E-state index contributed by atoms with van der Waals surface area (Å²) < 4.78 is 8.34. The van der Waals surface area contributed by atoms with Crippen molar-refractivity contribution >= 4 is 77.6 Å². The lowest BCUT2D eigenvalue weighted by Gasteiger charge is -2.10. The number of ether oxygens (including phenoxy) is 1. The van der Waals surface area contributed by atoms with E-state index in [0.29, 0.717) is 34.0 Å². The monoisotopic (exact) mass is 734 g/mol. The molecule has 3 N–H and O–H groups in total.